The molecule has 0 aliphatic heterocycles. The van der Waals surface area contributed by atoms with Crippen LogP contribution in [0.4, 0.5) is 0 Å². The molecule has 10 rings (SSSR count). The van der Waals surface area contributed by atoms with E-state index in [1.54, 1.807) is 9.13 Å². The molecule has 0 N–H and O–H groups in total. The first-order valence-electron chi connectivity index (χ1n) is 18.3. The number of imidazole rings is 1. The molecule has 6 heteroatoms. The van der Waals surface area contributed by atoms with Gasteiger partial charge in [-0.05, 0) is 88.0 Å². The summed E-state index contributed by atoms with van der Waals surface area (Å²) in [5, 5.41) is 2.56. The number of thiophene rings is 1. The first kappa shape index (κ1) is 32.7. The van der Waals surface area contributed by atoms with Crippen LogP contribution in [0, 0.1) is 0 Å². The van der Waals surface area contributed by atoms with Gasteiger partial charge in [-0.2, -0.15) is 0 Å². The van der Waals surface area contributed by atoms with Gasteiger partial charge in [0.05, 0.1) is 22.4 Å². The molecule has 10 aromatic rings. The summed E-state index contributed by atoms with van der Waals surface area (Å²) in [5.74, 6) is 0.672. The number of fused-ring (bicyclic) bond motifs is 4. The largest absolute Gasteiger partial charge is 0.328 e. The summed E-state index contributed by atoms with van der Waals surface area (Å²) in [6.45, 7) is 0. The Morgan fingerprint density at radius 1 is 0.400 bits per heavy atom. The molecule has 0 atom stereocenters. The van der Waals surface area contributed by atoms with Crippen LogP contribution in [-0.2, 0) is 14.1 Å². The highest BCUT2D eigenvalue weighted by Crippen LogP contribution is 2.39. The van der Waals surface area contributed by atoms with E-state index in [2.05, 4.69) is 146 Å². The Balaban J connectivity index is 1.11. The van der Waals surface area contributed by atoms with Crippen molar-refractivity contribution in [3.63, 3.8) is 0 Å². The van der Waals surface area contributed by atoms with E-state index in [0.29, 0.717) is 5.82 Å². The second-order valence-corrected chi connectivity index (χ2v) is 15.1. The molecule has 0 spiro atoms. The van der Waals surface area contributed by atoms with Crippen molar-refractivity contribution >= 4 is 42.5 Å². The maximum atomic E-state index is 12.6. The molecule has 55 heavy (non-hydrogen) atoms. The van der Waals surface area contributed by atoms with Gasteiger partial charge in [0.2, 0.25) is 0 Å². The zero-order valence-electron chi connectivity index (χ0n) is 30.3. The minimum atomic E-state index is -0.0325. The SMILES string of the molecule is Cn1c(=O)n(C)c2cc(-c3ccc(-c4cc(-c5cc(-c6ccccc6)cc(-c6ccc7sc8ccccc8c7c6)c5)nc(-c5ccccc5)n4)cc3)ccc21. The number of aryl methyl sites for hydroxylation is 2. The zero-order chi connectivity index (χ0) is 37.0. The van der Waals surface area contributed by atoms with Crippen LogP contribution in [0.1, 0.15) is 0 Å². The van der Waals surface area contributed by atoms with Crippen LogP contribution in [-0.4, -0.2) is 19.1 Å². The van der Waals surface area contributed by atoms with Crippen molar-refractivity contribution in [3.8, 4) is 67.3 Å². The Bertz CT molecular complexity index is 3120. The summed E-state index contributed by atoms with van der Waals surface area (Å²) in [5.41, 5.74) is 13.1. The first-order chi connectivity index (χ1) is 27.0. The lowest BCUT2D eigenvalue weighted by Crippen LogP contribution is -2.19. The van der Waals surface area contributed by atoms with E-state index in [1.165, 1.54) is 20.2 Å². The van der Waals surface area contributed by atoms with Crippen molar-refractivity contribution in [3.05, 3.63) is 180 Å². The number of hydrogen-bond acceptors (Lipinski definition) is 4. The van der Waals surface area contributed by atoms with Gasteiger partial charge < -0.3 is 0 Å². The predicted molar refractivity (Wildman–Crippen MR) is 229 cm³/mol. The van der Waals surface area contributed by atoms with E-state index >= 15 is 0 Å². The molecule has 7 aromatic carbocycles. The van der Waals surface area contributed by atoms with Crippen molar-refractivity contribution in [1.82, 2.24) is 19.1 Å². The summed E-state index contributed by atoms with van der Waals surface area (Å²) >= 11 is 1.84. The van der Waals surface area contributed by atoms with Crippen LogP contribution in [0.2, 0.25) is 0 Å². The van der Waals surface area contributed by atoms with E-state index in [-0.39, 0.29) is 5.69 Å². The summed E-state index contributed by atoms with van der Waals surface area (Å²) in [6, 6.07) is 59.8. The van der Waals surface area contributed by atoms with Gasteiger partial charge in [-0.15, -0.1) is 11.3 Å². The normalized spacial score (nSPS) is 11.5. The van der Waals surface area contributed by atoms with Crippen LogP contribution >= 0.6 is 11.3 Å². The number of rotatable bonds is 6. The van der Waals surface area contributed by atoms with Gasteiger partial charge in [0.25, 0.3) is 0 Å². The summed E-state index contributed by atoms with van der Waals surface area (Å²) in [7, 11) is 3.63. The average molecular weight is 727 g/mol. The number of hydrogen-bond donors (Lipinski definition) is 0. The first-order valence-corrected chi connectivity index (χ1v) is 19.1. The lowest BCUT2D eigenvalue weighted by atomic mass is 9.94. The fourth-order valence-electron chi connectivity index (χ4n) is 7.62. The van der Waals surface area contributed by atoms with Gasteiger partial charge in [-0.25, -0.2) is 14.8 Å². The minimum Gasteiger partial charge on any atom is -0.295 e. The van der Waals surface area contributed by atoms with Crippen molar-refractivity contribution in [2.45, 2.75) is 0 Å². The van der Waals surface area contributed by atoms with Crippen LogP contribution in [0.5, 0.6) is 0 Å². The van der Waals surface area contributed by atoms with E-state index in [0.717, 1.165) is 72.5 Å². The third kappa shape index (κ3) is 5.84. The van der Waals surface area contributed by atoms with E-state index in [4.69, 9.17) is 9.97 Å². The van der Waals surface area contributed by atoms with Crippen LogP contribution < -0.4 is 5.69 Å². The van der Waals surface area contributed by atoms with Crippen molar-refractivity contribution in [2.75, 3.05) is 0 Å². The molecule has 0 fully saturated rings. The average Bonchev–Trinajstić information content (AvgIpc) is 3.73. The van der Waals surface area contributed by atoms with Gasteiger partial charge in [0.1, 0.15) is 0 Å². The molecule has 0 aliphatic carbocycles. The van der Waals surface area contributed by atoms with Gasteiger partial charge in [0, 0.05) is 51.0 Å². The molecule has 262 valence electrons. The smallest absolute Gasteiger partial charge is 0.295 e. The quantitative estimate of drug-likeness (QED) is 0.171. The maximum absolute atomic E-state index is 12.6. The predicted octanol–water partition coefficient (Wildman–Crippen LogP) is 12.0. The molecule has 0 amide bonds. The number of nitrogens with zero attached hydrogens (tertiary/aromatic N) is 4. The molecular weight excluding hydrogens is 693 g/mol. The minimum absolute atomic E-state index is 0.0325. The van der Waals surface area contributed by atoms with Crippen molar-refractivity contribution < 1.29 is 0 Å². The van der Waals surface area contributed by atoms with E-state index in [9.17, 15) is 4.79 Å². The molecule has 3 aromatic heterocycles. The van der Waals surface area contributed by atoms with Crippen molar-refractivity contribution in [2.24, 2.45) is 14.1 Å². The molecule has 0 bridgehead atoms. The Kier molecular flexibility index (Phi) is 7.86. The maximum Gasteiger partial charge on any atom is 0.328 e. The Morgan fingerprint density at radius 2 is 0.927 bits per heavy atom. The lowest BCUT2D eigenvalue weighted by Gasteiger charge is -2.13. The summed E-state index contributed by atoms with van der Waals surface area (Å²) in [4.78, 5) is 22.9. The van der Waals surface area contributed by atoms with Gasteiger partial charge in [-0.1, -0.05) is 115 Å². The summed E-state index contributed by atoms with van der Waals surface area (Å²) < 4.78 is 5.96. The van der Waals surface area contributed by atoms with Crippen LogP contribution in [0.15, 0.2) is 175 Å². The highest BCUT2D eigenvalue weighted by atomic mass is 32.1. The monoisotopic (exact) mass is 726 g/mol. The lowest BCUT2D eigenvalue weighted by molar-refractivity contribution is 0.795. The molecule has 0 saturated carbocycles. The van der Waals surface area contributed by atoms with Crippen LogP contribution in [0.25, 0.3) is 98.5 Å². The standard InChI is InChI=1S/C49H34N4OS/c1-52-44-23-21-36(29-45(44)53(2)49(52)54)32-17-19-33(20-18-32)42-30-43(51-48(50-42)34-13-7-4-8-14-34)39-26-37(31-11-5-3-6-12-31)25-38(27-39)35-22-24-47-41(28-35)40-15-9-10-16-46(40)55-47/h3-30H,1-2H3. The fourth-order valence-corrected chi connectivity index (χ4v) is 8.71. The van der Waals surface area contributed by atoms with E-state index < -0.39 is 0 Å². The third-order valence-electron chi connectivity index (χ3n) is 10.6. The second-order valence-electron chi connectivity index (χ2n) is 14.0. The highest BCUT2D eigenvalue weighted by Gasteiger charge is 2.15. The number of benzene rings is 7. The Morgan fingerprint density at radius 3 is 1.69 bits per heavy atom. The Hall–Kier alpha value is -6.89. The molecule has 0 saturated heterocycles. The molecule has 0 radical (unpaired) electrons. The second kappa shape index (κ2) is 13.2. The van der Waals surface area contributed by atoms with Gasteiger partial charge in [0.15, 0.2) is 5.82 Å². The summed E-state index contributed by atoms with van der Waals surface area (Å²) in [6.07, 6.45) is 0. The van der Waals surface area contributed by atoms with Gasteiger partial charge >= 0.3 is 5.69 Å². The third-order valence-corrected chi connectivity index (χ3v) is 11.7. The zero-order valence-corrected chi connectivity index (χ0v) is 31.1. The molecule has 0 aliphatic rings. The topological polar surface area (TPSA) is 52.7 Å². The van der Waals surface area contributed by atoms with Crippen molar-refractivity contribution in [1.29, 1.82) is 0 Å². The number of aromatic nitrogens is 4. The van der Waals surface area contributed by atoms with E-state index in [1.807, 2.05) is 49.7 Å². The fraction of sp³-hybridized carbons (Fsp3) is 0.0408. The molecule has 5 nitrogen and oxygen atoms in total. The van der Waals surface area contributed by atoms with Gasteiger partial charge in [-0.3, -0.25) is 9.13 Å². The molecule has 3 heterocycles. The molecule has 0 unspecified atom stereocenters. The highest BCUT2D eigenvalue weighted by molar-refractivity contribution is 7.25. The Labute approximate surface area is 322 Å². The molecular formula is C49H34N4OS. The van der Waals surface area contributed by atoms with Crippen LogP contribution in [0.3, 0.4) is 0 Å².